The predicted octanol–water partition coefficient (Wildman–Crippen LogP) is 3.56. The molecule has 7 heteroatoms. The number of ether oxygens (including phenoxy) is 2. The first kappa shape index (κ1) is 14.8. The zero-order chi connectivity index (χ0) is 15.5. The molecule has 1 aromatic carbocycles. The summed E-state index contributed by atoms with van der Waals surface area (Å²) >= 11 is 2.98. The van der Waals surface area contributed by atoms with Gasteiger partial charge in [0.05, 0.1) is 30.9 Å². The quantitative estimate of drug-likeness (QED) is 0.775. The van der Waals surface area contributed by atoms with Crippen LogP contribution in [0, 0.1) is 0 Å². The first-order chi connectivity index (χ1) is 10.7. The van der Waals surface area contributed by atoms with Gasteiger partial charge in [0.2, 0.25) is 5.91 Å². The molecule has 2 heterocycles. The molecule has 0 saturated carbocycles. The van der Waals surface area contributed by atoms with Crippen molar-refractivity contribution in [3.05, 3.63) is 34.5 Å². The number of anilines is 1. The van der Waals surface area contributed by atoms with Gasteiger partial charge >= 0.3 is 0 Å². The molecule has 1 N–H and O–H groups in total. The van der Waals surface area contributed by atoms with Gasteiger partial charge in [-0.1, -0.05) is 17.4 Å². The van der Waals surface area contributed by atoms with E-state index in [1.807, 2.05) is 23.6 Å². The van der Waals surface area contributed by atoms with Crippen LogP contribution in [0.3, 0.4) is 0 Å². The Hall–Kier alpha value is -2.12. The Kier molecular flexibility index (Phi) is 4.26. The zero-order valence-electron chi connectivity index (χ0n) is 12.1. The third-order valence-corrected chi connectivity index (χ3v) is 4.86. The van der Waals surface area contributed by atoms with E-state index in [4.69, 9.17) is 9.47 Å². The van der Waals surface area contributed by atoms with Crippen molar-refractivity contribution in [2.24, 2.45) is 0 Å². The Balaban J connectivity index is 1.81. The standard InChI is InChI=1S/C15H14N2O3S2/c1-19-11-7-10-13(8-12(11)20-2)22-15(16-10)17-14(18)6-9-4-3-5-21-9/h3-5,7-8H,6H2,1-2H3,(H,16,17,18). The summed E-state index contributed by atoms with van der Waals surface area (Å²) in [5.41, 5.74) is 0.772. The maximum atomic E-state index is 12.0. The lowest BCUT2D eigenvalue weighted by Crippen LogP contribution is -2.13. The largest absolute Gasteiger partial charge is 0.493 e. The summed E-state index contributed by atoms with van der Waals surface area (Å²) in [4.78, 5) is 17.5. The summed E-state index contributed by atoms with van der Waals surface area (Å²) in [6.45, 7) is 0. The zero-order valence-corrected chi connectivity index (χ0v) is 13.7. The maximum absolute atomic E-state index is 12.0. The number of amides is 1. The molecule has 22 heavy (non-hydrogen) atoms. The van der Waals surface area contributed by atoms with Gasteiger partial charge in [0.25, 0.3) is 0 Å². The van der Waals surface area contributed by atoms with Crippen molar-refractivity contribution in [1.29, 1.82) is 0 Å². The van der Waals surface area contributed by atoms with Crippen molar-refractivity contribution in [2.45, 2.75) is 6.42 Å². The molecule has 0 radical (unpaired) electrons. The number of nitrogens with one attached hydrogen (secondary N) is 1. The number of thiophene rings is 1. The number of aromatic nitrogens is 1. The smallest absolute Gasteiger partial charge is 0.231 e. The van der Waals surface area contributed by atoms with Crippen LogP contribution in [0.2, 0.25) is 0 Å². The molecule has 0 aliphatic heterocycles. The number of rotatable bonds is 5. The molecule has 3 aromatic rings. The molecule has 0 spiro atoms. The van der Waals surface area contributed by atoms with Crippen molar-refractivity contribution < 1.29 is 14.3 Å². The van der Waals surface area contributed by atoms with Gasteiger partial charge in [0.1, 0.15) is 0 Å². The summed E-state index contributed by atoms with van der Waals surface area (Å²) in [5.74, 6) is 1.20. The molecule has 0 fully saturated rings. The normalized spacial score (nSPS) is 10.6. The van der Waals surface area contributed by atoms with Gasteiger partial charge in [-0.3, -0.25) is 4.79 Å². The molecule has 0 saturated heterocycles. The molecule has 1 amide bonds. The average molecular weight is 334 g/mol. The average Bonchev–Trinajstić information content (AvgIpc) is 3.13. The van der Waals surface area contributed by atoms with Gasteiger partial charge in [-0.25, -0.2) is 4.98 Å². The van der Waals surface area contributed by atoms with Crippen LogP contribution in [0.5, 0.6) is 11.5 Å². The third kappa shape index (κ3) is 3.05. The Morgan fingerprint density at radius 2 is 2.05 bits per heavy atom. The highest BCUT2D eigenvalue weighted by molar-refractivity contribution is 7.22. The Morgan fingerprint density at radius 3 is 2.73 bits per heavy atom. The predicted molar refractivity (Wildman–Crippen MR) is 89.4 cm³/mol. The number of carbonyl (C=O) groups is 1. The van der Waals surface area contributed by atoms with Gasteiger partial charge < -0.3 is 14.8 Å². The summed E-state index contributed by atoms with van der Waals surface area (Å²) in [6, 6.07) is 7.54. The van der Waals surface area contributed by atoms with Crippen LogP contribution in [0.1, 0.15) is 4.88 Å². The molecule has 114 valence electrons. The molecule has 0 aliphatic rings. The van der Waals surface area contributed by atoms with Crippen LogP contribution < -0.4 is 14.8 Å². The lowest BCUT2D eigenvalue weighted by atomic mass is 10.3. The van der Waals surface area contributed by atoms with Crippen molar-refractivity contribution in [2.75, 3.05) is 19.5 Å². The van der Waals surface area contributed by atoms with E-state index in [2.05, 4.69) is 10.3 Å². The van der Waals surface area contributed by atoms with E-state index in [0.29, 0.717) is 23.1 Å². The summed E-state index contributed by atoms with van der Waals surface area (Å²) < 4.78 is 11.5. The number of thiazole rings is 1. The molecule has 0 unspecified atom stereocenters. The van der Waals surface area contributed by atoms with Crippen molar-refractivity contribution in [1.82, 2.24) is 4.98 Å². The van der Waals surface area contributed by atoms with Crippen LogP contribution in [0.15, 0.2) is 29.6 Å². The fourth-order valence-corrected chi connectivity index (χ4v) is 3.64. The molecule has 2 aromatic heterocycles. The molecule has 5 nitrogen and oxygen atoms in total. The minimum Gasteiger partial charge on any atom is -0.493 e. The summed E-state index contributed by atoms with van der Waals surface area (Å²) in [5, 5.41) is 5.37. The van der Waals surface area contributed by atoms with Crippen LogP contribution in [0.25, 0.3) is 10.2 Å². The SMILES string of the molecule is COc1cc2nc(NC(=O)Cc3cccs3)sc2cc1OC. The minimum absolute atomic E-state index is 0.0690. The maximum Gasteiger partial charge on any atom is 0.231 e. The number of benzene rings is 1. The van der Waals surface area contributed by atoms with E-state index in [-0.39, 0.29) is 5.91 Å². The second-order valence-corrected chi connectivity index (χ2v) is 6.56. The summed E-state index contributed by atoms with van der Waals surface area (Å²) in [7, 11) is 3.17. The van der Waals surface area contributed by atoms with Crippen molar-refractivity contribution >= 4 is 43.9 Å². The van der Waals surface area contributed by atoms with E-state index in [9.17, 15) is 4.79 Å². The molecular weight excluding hydrogens is 320 g/mol. The first-order valence-corrected chi connectivity index (χ1v) is 8.24. The monoisotopic (exact) mass is 334 g/mol. The van der Waals surface area contributed by atoms with Crippen LogP contribution >= 0.6 is 22.7 Å². The van der Waals surface area contributed by atoms with Crippen molar-refractivity contribution in [3.63, 3.8) is 0 Å². The Labute approximate surface area is 135 Å². The molecular formula is C15H14N2O3S2. The molecule has 0 atom stereocenters. The number of hydrogen-bond acceptors (Lipinski definition) is 6. The van der Waals surface area contributed by atoms with E-state index in [1.54, 1.807) is 31.6 Å². The number of fused-ring (bicyclic) bond motifs is 1. The second kappa shape index (κ2) is 6.33. The van der Waals surface area contributed by atoms with Crippen LogP contribution in [-0.2, 0) is 11.2 Å². The van der Waals surface area contributed by atoms with Gasteiger partial charge in [-0.15, -0.1) is 11.3 Å². The Bertz CT molecular complexity index is 756. The third-order valence-electron chi connectivity index (χ3n) is 3.06. The number of hydrogen-bond donors (Lipinski definition) is 1. The Morgan fingerprint density at radius 1 is 1.27 bits per heavy atom. The van der Waals surface area contributed by atoms with E-state index in [0.717, 1.165) is 15.1 Å². The van der Waals surface area contributed by atoms with Gasteiger partial charge in [-0.05, 0) is 11.4 Å². The van der Waals surface area contributed by atoms with Crippen LogP contribution in [0.4, 0.5) is 5.13 Å². The van der Waals surface area contributed by atoms with Gasteiger partial charge in [-0.2, -0.15) is 0 Å². The minimum atomic E-state index is -0.0690. The van der Waals surface area contributed by atoms with E-state index >= 15 is 0 Å². The molecule has 3 rings (SSSR count). The van der Waals surface area contributed by atoms with Crippen LogP contribution in [-0.4, -0.2) is 25.1 Å². The summed E-state index contributed by atoms with van der Waals surface area (Å²) in [6.07, 6.45) is 0.361. The lowest BCUT2D eigenvalue weighted by Gasteiger charge is -2.05. The second-order valence-electron chi connectivity index (χ2n) is 4.50. The lowest BCUT2D eigenvalue weighted by molar-refractivity contribution is -0.115. The fourth-order valence-electron chi connectivity index (χ4n) is 2.04. The topological polar surface area (TPSA) is 60.5 Å². The number of nitrogens with zero attached hydrogens (tertiary/aromatic N) is 1. The molecule has 0 bridgehead atoms. The number of carbonyl (C=O) groups excluding carboxylic acids is 1. The van der Waals surface area contributed by atoms with E-state index in [1.165, 1.54) is 11.3 Å². The highest BCUT2D eigenvalue weighted by atomic mass is 32.1. The van der Waals surface area contributed by atoms with E-state index < -0.39 is 0 Å². The molecule has 0 aliphatic carbocycles. The first-order valence-electron chi connectivity index (χ1n) is 6.54. The number of methoxy groups -OCH3 is 2. The van der Waals surface area contributed by atoms with Gasteiger partial charge in [0, 0.05) is 17.0 Å². The van der Waals surface area contributed by atoms with Gasteiger partial charge in [0.15, 0.2) is 16.6 Å². The van der Waals surface area contributed by atoms with Crippen molar-refractivity contribution in [3.8, 4) is 11.5 Å². The fraction of sp³-hybridized carbons (Fsp3) is 0.200. The highest BCUT2D eigenvalue weighted by Crippen LogP contribution is 2.36. The highest BCUT2D eigenvalue weighted by Gasteiger charge is 2.12.